The summed E-state index contributed by atoms with van der Waals surface area (Å²) in [4.78, 5) is 20.9. The highest BCUT2D eigenvalue weighted by atomic mass is 35.5. The molecule has 106 valence electrons. The fraction of sp³-hybridized carbons (Fsp3) is 0.333. The Morgan fingerprint density at radius 2 is 2.20 bits per heavy atom. The number of carbonyl (C=O) groups is 1. The molecule has 5 heteroatoms. The van der Waals surface area contributed by atoms with Crippen molar-refractivity contribution in [3.63, 3.8) is 0 Å². The predicted molar refractivity (Wildman–Crippen MR) is 79.5 cm³/mol. The summed E-state index contributed by atoms with van der Waals surface area (Å²) >= 11 is 6.26. The topological polar surface area (TPSA) is 64.7 Å². The van der Waals surface area contributed by atoms with Crippen molar-refractivity contribution >= 4 is 23.3 Å². The number of allylic oxidation sites excluding steroid dienone is 1. The van der Waals surface area contributed by atoms with Gasteiger partial charge in [-0.15, -0.1) is 0 Å². The summed E-state index contributed by atoms with van der Waals surface area (Å²) in [7, 11) is 0. The first-order valence-electron chi connectivity index (χ1n) is 6.51. The molecular weight excluding hydrogens is 276 g/mol. The minimum Gasteiger partial charge on any atom is -0.370 e. The first-order valence-corrected chi connectivity index (χ1v) is 6.89. The van der Waals surface area contributed by atoms with E-state index in [-0.39, 0.29) is 5.92 Å². The van der Waals surface area contributed by atoms with Crippen LogP contribution in [-0.4, -0.2) is 11.7 Å². The minimum atomic E-state index is -0.539. The number of benzene rings is 1. The summed E-state index contributed by atoms with van der Waals surface area (Å²) in [5.74, 6) is 4.37. The maximum absolute atomic E-state index is 12.0. The summed E-state index contributed by atoms with van der Waals surface area (Å²) in [5, 5.41) is 0.630. The van der Waals surface area contributed by atoms with Crippen molar-refractivity contribution < 1.29 is 9.63 Å². The Kier molecular flexibility index (Phi) is 4.57. The molecule has 1 heterocycles. The van der Waals surface area contributed by atoms with Gasteiger partial charge in [-0.25, -0.2) is 4.79 Å². The van der Waals surface area contributed by atoms with Crippen molar-refractivity contribution in [3.05, 3.63) is 46.1 Å². The van der Waals surface area contributed by atoms with Crippen molar-refractivity contribution in [3.8, 4) is 0 Å². The van der Waals surface area contributed by atoms with Crippen molar-refractivity contribution in [2.45, 2.75) is 32.6 Å². The summed E-state index contributed by atoms with van der Waals surface area (Å²) < 4.78 is 0. The normalized spacial score (nSPS) is 18.8. The monoisotopic (exact) mass is 292 g/mol. The molecule has 0 aliphatic carbocycles. The molecule has 1 aromatic carbocycles. The molecule has 0 aromatic heterocycles. The van der Waals surface area contributed by atoms with Gasteiger partial charge in [0.2, 0.25) is 0 Å². The highest BCUT2D eigenvalue weighted by Crippen LogP contribution is 2.38. The van der Waals surface area contributed by atoms with Crippen LogP contribution in [0.4, 0.5) is 0 Å². The van der Waals surface area contributed by atoms with Gasteiger partial charge in [0.15, 0.2) is 0 Å². The van der Waals surface area contributed by atoms with Gasteiger partial charge in [-0.2, -0.15) is 5.90 Å². The van der Waals surface area contributed by atoms with Crippen molar-refractivity contribution in [2.24, 2.45) is 10.9 Å². The van der Waals surface area contributed by atoms with Crippen LogP contribution in [0, 0.1) is 0 Å². The lowest BCUT2D eigenvalue weighted by molar-refractivity contribution is -0.140. The molecule has 0 saturated carbocycles. The summed E-state index contributed by atoms with van der Waals surface area (Å²) in [6.45, 7) is 3.90. The second-order valence-corrected chi connectivity index (χ2v) is 5.15. The smallest absolute Gasteiger partial charge is 0.354 e. The fourth-order valence-electron chi connectivity index (χ4n) is 2.55. The van der Waals surface area contributed by atoms with Crippen LogP contribution in [-0.2, 0) is 9.63 Å². The van der Waals surface area contributed by atoms with E-state index in [1.807, 2.05) is 38.1 Å². The maximum atomic E-state index is 12.0. The number of hydrogen-bond donors (Lipinski definition) is 1. The third-order valence-electron chi connectivity index (χ3n) is 3.43. The molecule has 0 fully saturated rings. The van der Waals surface area contributed by atoms with E-state index in [0.717, 1.165) is 11.3 Å². The Balaban J connectivity index is 2.57. The van der Waals surface area contributed by atoms with Gasteiger partial charge in [0.05, 0.1) is 11.3 Å². The van der Waals surface area contributed by atoms with Crippen LogP contribution in [0.15, 0.2) is 40.5 Å². The van der Waals surface area contributed by atoms with E-state index in [9.17, 15) is 4.79 Å². The van der Waals surface area contributed by atoms with E-state index in [1.54, 1.807) is 0 Å². The zero-order valence-corrected chi connectivity index (χ0v) is 12.3. The van der Waals surface area contributed by atoms with E-state index >= 15 is 0 Å². The largest absolute Gasteiger partial charge is 0.370 e. The van der Waals surface area contributed by atoms with Crippen LogP contribution in [0.1, 0.15) is 38.2 Å². The average Bonchev–Trinajstić information content (AvgIpc) is 2.46. The van der Waals surface area contributed by atoms with E-state index in [0.29, 0.717) is 29.1 Å². The quantitative estimate of drug-likeness (QED) is 0.869. The Hall–Kier alpha value is -1.65. The number of nitrogens with zero attached hydrogens (tertiary/aromatic N) is 1. The molecule has 0 saturated heterocycles. The molecule has 1 aliphatic heterocycles. The highest BCUT2D eigenvalue weighted by Gasteiger charge is 2.31. The average molecular weight is 293 g/mol. The van der Waals surface area contributed by atoms with Crippen LogP contribution in [0.25, 0.3) is 0 Å². The molecule has 0 spiro atoms. The van der Waals surface area contributed by atoms with E-state index in [2.05, 4.69) is 9.83 Å². The molecule has 1 unspecified atom stereocenters. The number of carbonyl (C=O) groups excluding carboxylic acids is 1. The third kappa shape index (κ3) is 2.76. The SMILES string of the molecule is CCC1=C(C(=O)ON)C(c2ccccc2Cl)CC(C)=N1. The number of rotatable bonds is 3. The number of halogens is 1. The van der Waals surface area contributed by atoms with Crippen molar-refractivity contribution in [2.75, 3.05) is 0 Å². The molecular formula is C15H17ClN2O2. The minimum absolute atomic E-state index is 0.160. The standard InChI is InChI=1S/C15H17ClN2O2/c1-3-13-14(15(19)20-17)11(8-9(2)18-13)10-6-4-5-7-12(10)16/h4-7,11H,3,8,17H2,1-2H3. The van der Waals surface area contributed by atoms with E-state index in [4.69, 9.17) is 17.5 Å². The molecule has 1 aromatic rings. The molecule has 1 atom stereocenters. The molecule has 2 N–H and O–H groups in total. The summed E-state index contributed by atoms with van der Waals surface area (Å²) in [6, 6.07) is 7.50. The first-order chi connectivity index (χ1) is 9.58. The molecule has 0 radical (unpaired) electrons. The van der Waals surface area contributed by atoms with Gasteiger partial charge < -0.3 is 4.84 Å². The Bertz CT molecular complexity index is 593. The third-order valence-corrected chi connectivity index (χ3v) is 3.77. The molecule has 20 heavy (non-hydrogen) atoms. The molecule has 4 nitrogen and oxygen atoms in total. The van der Waals surface area contributed by atoms with Gasteiger partial charge in [-0.05, 0) is 31.4 Å². The predicted octanol–water partition coefficient (Wildman–Crippen LogP) is 3.37. The molecule has 2 rings (SSSR count). The second kappa shape index (κ2) is 6.20. The van der Waals surface area contributed by atoms with Gasteiger partial charge in [-0.1, -0.05) is 36.7 Å². The van der Waals surface area contributed by atoms with Crippen LogP contribution in [0.2, 0.25) is 5.02 Å². The number of hydrogen-bond acceptors (Lipinski definition) is 4. The summed E-state index contributed by atoms with van der Waals surface area (Å²) in [5.41, 5.74) is 3.10. The van der Waals surface area contributed by atoms with Crippen LogP contribution < -0.4 is 5.90 Å². The van der Waals surface area contributed by atoms with Gasteiger partial charge >= 0.3 is 5.97 Å². The number of aliphatic imine (C=N–C) groups is 1. The van der Waals surface area contributed by atoms with Gasteiger partial charge in [0, 0.05) is 16.7 Å². The van der Waals surface area contributed by atoms with E-state index < -0.39 is 5.97 Å². The van der Waals surface area contributed by atoms with Crippen molar-refractivity contribution in [1.82, 2.24) is 0 Å². The lowest BCUT2D eigenvalue weighted by Gasteiger charge is -2.25. The molecule has 0 amide bonds. The van der Waals surface area contributed by atoms with Gasteiger partial charge in [0.1, 0.15) is 0 Å². The Labute approximate surface area is 123 Å². The van der Waals surface area contributed by atoms with Gasteiger partial charge in [-0.3, -0.25) is 4.99 Å². The maximum Gasteiger partial charge on any atom is 0.354 e. The fourth-order valence-corrected chi connectivity index (χ4v) is 2.82. The second-order valence-electron chi connectivity index (χ2n) is 4.74. The van der Waals surface area contributed by atoms with Crippen molar-refractivity contribution in [1.29, 1.82) is 0 Å². The zero-order valence-electron chi connectivity index (χ0n) is 11.5. The van der Waals surface area contributed by atoms with Crippen LogP contribution >= 0.6 is 11.6 Å². The summed E-state index contributed by atoms with van der Waals surface area (Å²) in [6.07, 6.45) is 1.28. The van der Waals surface area contributed by atoms with Crippen LogP contribution in [0.3, 0.4) is 0 Å². The highest BCUT2D eigenvalue weighted by molar-refractivity contribution is 6.31. The molecule has 1 aliphatic rings. The molecule has 0 bridgehead atoms. The number of nitrogens with two attached hydrogens (primary N) is 1. The zero-order chi connectivity index (χ0) is 14.7. The van der Waals surface area contributed by atoms with Crippen LogP contribution in [0.5, 0.6) is 0 Å². The lowest BCUT2D eigenvalue weighted by atomic mass is 9.83. The Morgan fingerprint density at radius 3 is 2.80 bits per heavy atom. The Morgan fingerprint density at radius 1 is 1.50 bits per heavy atom. The van der Waals surface area contributed by atoms with E-state index in [1.165, 1.54) is 0 Å². The lowest BCUT2D eigenvalue weighted by Crippen LogP contribution is -2.24. The van der Waals surface area contributed by atoms with Gasteiger partial charge in [0.25, 0.3) is 0 Å². The first kappa shape index (κ1) is 14.8.